The zero-order valence-electron chi connectivity index (χ0n) is 18.4. The molecule has 1 spiro atoms. The van der Waals surface area contributed by atoms with Crippen LogP contribution in [-0.2, 0) is 15.9 Å². The van der Waals surface area contributed by atoms with Gasteiger partial charge in [-0.25, -0.2) is 0 Å². The second-order valence-corrected chi connectivity index (χ2v) is 9.63. The molecule has 3 nitrogen and oxygen atoms in total. The summed E-state index contributed by atoms with van der Waals surface area (Å²) in [5.74, 6) is 2.92. The van der Waals surface area contributed by atoms with Crippen LogP contribution in [0.3, 0.4) is 0 Å². The lowest BCUT2D eigenvalue weighted by molar-refractivity contribution is -0.237. The van der Waals surface area contributed by atoms with Gasteiger partial charge < -0.3 is 14.2 Å². The molecule has 0 radical (unpaired) electrons. The van der Waals surface area contributed by atoms with Crippen LogP contribution in [0.15, 0.2) is 18.2 Å². The molecule has 1 heterocycles. The fourth-order valence-corrected chi connectivity index (χ4v) is 7.00. The van der Waals surface area contributed by atoms with E-state index in [0.29, 0.717) is 12.8 Å². The van der Waals surface area contributed by atoms with Crippen LogP contribution >= 0.6 is 0 Å². The van der Waals surface area contributed by atoms with Crippen LogP contribution in [0.1, 0.15) is 83.6 Å². The Bertz CT molecular complexity index is 729. The van der Waals surface area contributed by atoms with Gasteiger partial charge in [0.15, 0.2) is 5.79 Å². The minimum absolute atomic E-state index is 0.185. The van der Waals surface area contributed by atoms with Gasteiger partial charge in [0.05, 0.1) is 19.8 Å². The van der Waals surface area contributed by atoms with Crippen LogP contribution < -0.4 is 4.74 Å². The molecule has 3 aliphatic carbocycles. The normalized spacial score (nSPS) is 35.9. The maximum Gasteiger partial charge on any atom is 0.174 e. The molecule has 5 rings (SSSR count). The quantitative estimate of drug-likeness (QED) is 0.595. The van der Waals surface area contributed by atoms with Crippen molar-refractivity contribution in [3.8, 4) is 5.75 Å². The molecule has 1 saturated heterocycles. The van der Waals surface area contributed by atoms with Crippen LogP contribution in [0.2, 0.25) is 0 Å². The fraction of sp³-hybridized carbons (Fsp3) is 0.760. The number of hydrogen-bond donors (Lipinski definition) is 0. The minimum atomic E-state index is -0.291. The van der Waals surface area contributed by atoms with Gasteiger partial charge in [-0.2, -0.15) is 0 Å². The molecule has 0 N–H and O–H groups in total. The van der Waals surface area contributed by atoms with Crippen LogP contribution in [0.4, 0.5) is 0 Å². The fourth-order valence-electron chi connectivity index (χ4n) is 7.00. The van der Waals surface area contributed by atoms with Crippen molar-refractivity contribution in [3.63, 3.8) is 0 Å². The predicted molar refractivity (Wildman–Crippen MR) is 111 cm³/mol. The Balaban J connectivity index is 1.29. The minimum Gasteiger partial charge on any atom is -0.494 e. The Morgan fingerprint density at radius 3 is 2.89 bits per heavy atom. The van der Waals surface area contributed by atoms with Crippen LogP contribution in [0, 0.1) is 17.3 Å². The summed E-state index contributed by atoms with van der Waals surface area (Å²) in [6.45, 7) is 5.30. The summed E-state index contributed by atoms with van der Waals surface area (Å²) in [7, 11) is 0. The predicted octanol–water partition coefficient (Wildman–Crippen LogP) is 5.85. The monoisotopic (exact) mass is 385 g/mol. The highest BCUT2D eigenvalue weighted by Crippen LogP contribution is 2.66. The number of unbranched alkanes of at least 4 members (excludes halogenated alkanes) is 2. The van der Waals surface area contributed by atoms with E-state index in [1.54, 1.807) is 5.56 Å². The average Bonchev–Trinajstić information content (AvgIpc) is 3.33. The Hall–Kier alpha value is -1.06. The SMILES string of the molecule is [2H]CCCCCOc1ccc2c(c1)CC[C@@H]1[C@@H]2CC[C@@]2(C)[C@H]1CCC21OCCO1. The van der Waals surface area contributed by atoms with Gasteiger partial charge in [0.25, 0.3) is 0 Å². The average molecular weight is 386 g/mol. The number of fused-ring (bicyclic) bond motifs is 6. The molecule has 154 valence electrons. The molecule has 0 bridgehead atoms. The molecule has 4 atom stereocenters. The smallest absolute Gasteiger partial charge is 0.174 e. The summed E-state index contributed by atoms with van der Waals surface area (Å²) < 4.78 is 25.7. The van der Waals surface area contributed by atoms with Crippen LogP contribution in [0.5, 0.6) is 5.75 Å². The van der Waals surface area contributed by atoms with Crippen molar-refractivity contribution in [3.05, 3.63) is 29.3 Å². The second kappa shape index (κ2) is 7.32. The van der Waals surface area contributed by atoms with Gasteiger partial charge in [0.1, 0.15) is 5.75 Å². The van der Waals surface area contributed by atoms with Crippen molar-refractivity contribution in [1.29, 1.82) is 0 Å². The van der Waals surface area contributed by atoms with Crippen molar-refractivity contribution in [1.82, 2.24) is 0 Å². The van der Waals surface area contributed by atoms with Crippen molar-refractivity contribution >= 4 is 0 Å². The first kappa shape index (κ1) is 17.8. The van der Waals surface area contributed by atoms with Gasteiger partial charge >= 0.3 is 0 Å². The topological polar surface area (TPSA) is 27.7 Å². The molecule has 3 heteroatoms. The van der Waals surface area contributed by atoms with E-state index in [4.69, 9.17) is 15.6 Å². The third kappa shape index (κ3) is 2.84. The molecule has 4 aliphatic rings. The number of hydrogen-bond acceptors (Lipinski definition) is 3. The van der Waals surface area contributed by atoms with Crippen molar-refractivity contribution < 1.29 is 15.6 Å². The van der Waals surface area contributed by atoms with Gasteiger partial charge in [0, 0.05) is 13.2 Å². The number of benzene rings is 1. The highest BCUT2D eigenvalue weighted by atomic mass is 16.7. The van der Waals surface area contributed by atoms with E-state index >= 15 is 0 Å². The summed E-state index contributed by atoms with van der Waals surface area (Å²) >= 11 is 0. The summed E-state index contributed by atoms with van der Waals surface area (Å²) in [4.78, 5) is 0. The lowest BCUT2D eigenvalue weighted by Crippen LogP contribution is -2.51. The molecule has 1 aliphatic heterocycles. The van der Waals surface area contributed by atoms with Crippen molar-refractivity contribution in [2.45, 2.75) is 83.3 Å². The number of rotatable bonds is 5. The number of ether oxygens (including phenoxy) is 3. The van der Waals surface area contributed by atoms with E-state index in [2.05, 4.69) is 25.1 Å². The van der Waals surface area contributed by atoms with Gasteiger partial charge in [-0.1, -0.05) is 32.7 Å². The highest BCUT2D eigenvalue weighted by molar-refractivity contribution is 5.41. The molecular weight excluding hydrogens is 348 g/mol. The maximum absolute atomic E-state index is 7.23. The lowest BCUT2D eigenvalue weighted by atomic mass is 9.55. The zero-order chi connectivity index (χ0) is 19.9. The second-order valence-electron chi connectivity index (χ2n) is 9.63. The molecule has 28 heavy (non-hydrogen) atoms. The maximum atomic E-state index is 7.23. The van der Waals surface area contributed by atoms with Gasteiger partial charge in [0.2, 0.25) is 0 Å². The van der Waals surface area contributed by atoms with Gasteiger partial charge in [-0.15, -0.1) is 0 Å². The highest BCUT2D eigenvalue weighted by Gasteiger charge is 2.64. The van der Waals surface area contributed by atoms with Crippen molar-refractivity contribution in [2.75, 3.05) is 19.8 Å². The molecule has 0 unspecified atom stereocenters. The molecule has 0 aromatic heterocycles. The molecule has 0 amide bonds. The first-order chi connectivity index (χ1) is 14.2. The van der Waals surface area contributed by atoms with Gasteiger partial charge in [-0.05, 0) is 79.5 Å². The zero-order valence-corrected chi connectivity index (χ0v) is 17.4. The first-order valence-corrected chi connectivity index (χ1v) is 11.5. The Morgan fingerprint density at radius 2 is 2.04 bits per heavy atom. The molecule has 1 aromatic carbocycles. The molecule has 3 fully saturated rings. The van der Waals surface area contributed by atoms with Crippen LogP contribution in [0.25, 0.3) is 0 Å². The summed E-state index contributed by atoms with van der Waals surface area (Å²) in [5.41, 5.74) is 3.28. The third-order valence-electron chi connectivity index (χ3n) is 8.41. The number of aryl methyl sites for hydroxylation is 1. The van der Waals surface area contributed by atoms with Crippen LogP contribution in [-0.4, -0.2) is 25.6 Å². The van der Waals surface area contributed by atoms with E-state index < -0.39 is 0 Å². The lowest BCUT2D eigenvalue weighted by Gasteiger charge is -2.52. The standard InChI is InChI=1S/C25H36O3/c1-3-4-5-14-26-19-7-9-20-18(17-19)6-8-22-21(20)10-12-24(2)23(22)11-13-25(24)27-15-16-28-25/h7,9,17,21-23H,3-6,8,10-16H2,1-2H3/t21-,22-,23+,24+/m1/s1/i1D. The third-order valence-corrected chi connectivity index (χ3v) is 8.41. The van der Waals surface area contributed by atoms with Gasteiger partial charge in [-0.3, -0.25) is 0 Å². The Labute approximate surface area is 171 Å². The molecular formula is C25H36O3. The summed E-state index contributed by atoms with van der Waals surface area (Å²) in [5, 5.41) is 0. The summed E-state index contributed by atoms with van der Waals surface area (Å²) in [6.07, 6.45) is 10.4. The Kier molecular flexibility index (Phi) is 4.65. The van der Waals surface area contributed by atoms with Crippen molar-refractivity contribution in [2.24, 2.45) is 17.3 Å². The van der Waals surface area contributed by atoms with E-state index in [0.717, 1.165) is 63.1 Å². The van der Waals surface area contributed by atoms with E-state index in [1.807, 2.05) is 0 Å². The Morgan fingerprint density at radius 1 is 1.14 bits per heavy atom. The van der Waals surface area contributed by atoms with E-state index in [-0.39, 0.29) is 11.2 Å². The largest absolute Gasteiger partial charge is 0.494 e. The molecule has 2 saturated carbocycles. The molecule has 1 aromatic rings. The first-order valence-electron chi connectivity index (χ1n) is 12.2. The van der Waals surface area contributed by atoms with E-state index in [9.17, 15) is 0 Å². The summed E-state index contributed by atoms with van der Waals surface area (Å²) in [6, 6.07) is 6.86. The van der Waals surface area contributed by atoms with E-state index in [1.165, 1.54) is 37.7 Å².